The van der Waals surface area contributed by atoms with Gasteiger partial charge in [0, 0.05) is 16.3 Å². The monoisotopic (exact) mass is 427 g/mol. The SMILES string of the molecule is C=C(N=Cc1cc(Br)ccc1OC(C)(C)C(=O)OCC)O[Si](C)(C)C. The van der Waals surface area contributed by atoms with Gasteiger partial charge < -0.3 is 13.9 Å². The highest BCUT2D eigenvalue weighted by Crippen LogP contribution is 2.26. The number of esters is 1. The van der Waals surface area contributed by atoms with Crippen molar-refractivity contribution in [1.82, 2.24) is 0 Å². The van der Waals surface area contributed by atoms with Gasteiger partial charge in [-0.3, -0.25) is 0 Å². The van der Waals surface area contributed by atoms with Gasteiger partial charge >= 0.3 is 5.97 Å². The summed E-state index contributed by atoms with van der Waals surface area (Å²) in [4.78, 5) is 16.3. The van der Waals surface area contributed by atoms with E-state index >= 15 is 0 Å². The van der Waals surface area contributed by atoms with E-state index in [2.05, 4.69) is 47.1 Å². The molecular weight excluding hydrogens is 402 g/mol. The number of rotatable bonds is 8. The van der Waals surface area contributed by atoms with Crippen molar-refractivity contribution in [3.05, 3.63) is 40.7 Å². The molecule has 0 heterocycles. The Morgan fingerprint density at radius 2 is 2.00 bits per heavy atom. The van der Waals surface area contributed by atoms with Crippen LogP contribution in [-0.4, -0.2) is 32.7 Å². The quantitative estimate of drug-likeness (QED) is 0.256. The maximum Gasteiger partial charge on any atom is 0.349 e. The van der Waals surface area contributed by atoms with Crippen LogP contribution in [0.3, 0.4) is 0 Å². The Bertz CT molecular complexity index is 666. The number of hydrogen-bond acceptors (Lipinski definition) is 5. The second kappa shape index (κ2) is 8.67. The van der Waals surface area contributed by atoms with Crippen LogP contribution in [0.5, 0.6) is 5.75 Å². The number of ether oxygens (including phenoxy) is 2. The summed E-state index contributed by atoms with van der Waals surface area (Å²) in [6, 6.07) is 5.46. The van der Waals surface area contributed by atoms with Gasteiger partial charge in [0.25, 0.3) is 0 Å². The second-order valence-corrected chi connectivity index (χ2v) is 12.2. The minimum Gasteiger partial charge on any atom is -0.532 e. The summed E-state index contributed by atoms with van der Waals surface area (Å²) in [5.41, 5.74) is -0.412. The molecule has 0 aromatic heterocycles. The van der Waals surface area contributed by atoms with Crippen molar-refractivity contribution in [3.63, 3.8) is 0 Å². The van der Waals surface area contributed by atoms with Gasteiger partial charge in [-0.25, -0.2) is 9.79 Å². The van der Waals surface area contributed by atoms with Crippen molar-refractivity contribution in [2.24, 2.45) is 4.99 Å². The Hall–Kier alpha value is -1.60. The molecule has 5 nitrogen and oxygen atoms in total. The molecule has 0 amide bonds. The fraction of sp³-hybridized carbons (Fsp3) is 0.444. The highest BCUT2D eigenvalue weighted by atomic mass is 79.9. The first-order chi connectivity index (χ1) is 11.4. The molecule has 0 aliphatic rings. The molecule has 0 spiro atoms. The number of aliphatic imine (C=N–C) groups is 1. The molecule has 0 aliphatic carbocycles. The predicted molar refractivity (Wildman–Crippen MR) is 107 cm³/mol. The van der Waals surface area contributed by atoms with E-state index in [0.717, 1.165) is 4.47 Å². The van der Waals surface area contributed by atoms with E-state index in [9.17, 15) is 4.79 Å². The Balaban J connectivity index is 3.03. The first-order valence-corrected chi connectivity index (χ1v) is 12.2. The molecule has 7 heteroatoms. The standard InChI is InChI=1S/C18H26BrNO4Si/c1-8-22-17(21)18(3,4)23-16-10-9-15(19)11-14(16)12-20-13(2)24-25(5,6)7/h9-12H,2,8H2,1,3-7H3. The number of nitrogens with zero attached hydrogens (tertiary/aromatic N) is 1. The van der Waals surface area contributed by atoms with Crippen LogP contribution in [0.1, 0.15) is 26.3 Å². The van der Waals surface area contributed by atoms with E-state index in [1.807, 2.05) is 12.1 Å². The molecule has 0 fully saturated rings. The smallest absolute Gasteiger partial charge is 0.349 e. The molecule has 25 heavy (non-hydrogen) atoms. The van der Waals surface area contributed by atoms with Crippen LogP contribution in [0.25, 0.3) is 0 Å². The minimum absolute atomic E-state index is 0.300. The molecule has 1 aromatic carbocycles. The summed E-state index contributed by atoms with van der Waals surface area (Å²) in [6.07, 6.45) is 1.61. The molecule has 1 rings (SSSR count). The van der Waals surface area contributed by atoms with Crippen LogP contribution in [0, 0.1) is 0 Å². The first-order valence-electron chi connectivity index (χ1n) is 8.02. The zero-order chi connectivity index (χ0) is 19.3. The Morgan fingerprint density at radius 3 is 2.56 bits per heavy atom. The second-order valence-electron chi connectivity index (χ2n) is 6.88. The number of halogens is 1. The topological polar surface area (TPSA) is 57.1 Å². The summed E-state index contributed by atoms with van der Waals surface area (Å²) in [7, 11) is -1.76. The van der Waals surface area contributed by atoms with E-state index in [4.69, 9.17) is 13.9 Å². The van der Waals surface area contributed by atoms with Gasteiger partial charge in [-0.1, -0.05) is 15.9 Å². The highest BCUT2D eigenvalue weighted by Gasteiger charge is 2.32. The van der Waals surface area contributed by atoms with Crippen molar-refractivity contribution in [1.29, 1.82) is 0 Å². The highest BCUT2D eigenvalue weighted by molar-refractivity contribution is 9.10. The third kappa shape index (κ3) is 7.44. The first kappa shape index (κ1) is 21.4. The van der Waals surface area contributed by atoms with Gasteiger partial charge in [-0.15, -0.1) is 0 Å². The lowest BCUT2D eigenvalue weighted by molar-refractivity contribution is -0.158. The largest absolute Gasteiger partial charge is 0.532 e. The number of carbonyl (C=O) groups excluding carboxylic acids is 1. The molecule has 138 valence electrons. The molecule has 1 aromatic rings. The van der Waals surface area contributed by atoms with E-state index in [0.29, 0.717) is 23.8 Å². The van der Waals surface area contributed by atoms with Crippen LogP contribution in [0.2, 0.25) is 19.6 Å². The molecule has 0 bridgehead atoms. The van der Waals surface area contributed by atoms with Gasteiger partial charge in [0.15, 0.2) is 11.5 Å². The van der Waals surface area contributed by atoms with Crippen LogP contribution in [0.4, 0.5) is 0 Å². The zero-order valence-electron chi connectivity index (χ0n) is 15.7. The molecular formula is C18H26BrNO4Si. The van der Waals surface area contributed by atoms with Crippen molar-refractivity contribution < 1.29 is 18.7 Å². The Morgan fingerprint density at radius 1 is 1.36 bits per heavy atom. The van der Waals surface area contributed by atoms with Crippen LogP contribution in [-0.2, 0) is 14.0 Å². The van der Waals surface area contributed by atoms with Crippen LogP contribution < -0.4 is 4.74 Å². The molecule has 0 atom stereocenters. The van der Waals surface area contributed by atoms with Crippen LogP contribution >= 0.6 is 15.9 Å². The van der Waals surface area contributed by atoms with Crippen molar-refractivity contribution >= 4 is 36.4 Å². The van der Waals surface area contributed by atoms with Gasteiger partial charge in [0.1, 0.15) is 5.75 Å². The fourth-order valence-electron chi connectivity index (χ4n) is 1.86. The van der Waals surface area contributed by atoms with Gasteiger partial charge in [-0.05, 0) is 65.2 Å². The predicted octanol–water partition coefficient (Wildman–Crippen LogP) is 4.91. The molecule has 0 unspecified atom stereocenters. The van der Waals surface area contributed by atoms with E-state index in [-0.39, 0.29) is 0 Å². The van der Waals surface area contributed by atoms with Crippen LogP contribution in [0.15, 0.2) is 40.1 Å². The third-order valence-electron chi connectivity index (χ3n) is 2.88. The summed E-state index contributed by atoms with van der Waals surface area (Å²) in [6.45, 7) is 15.4. The molecule has 0 N–H and O–H groups in total. The molecule has 0 saturated carbocycles. The van der Waals surface area contributed by atoms with Crippen molar-refractivity contribution in [3.8, 4) is 5.75 Å². The third-order valence-corrected chi connectivity index (χ3v) is 4.22. The summed E-state index contributed by atoms with van der Waals surface area (Å²) >= 11 is 3.43. The lowest BCUT2D eigenvalue weighted by atomic mass is 10.1. The molecule has 0 radical (unpaired) electrons. The normalized spacial score (nSPS) is 12.1. The maximum atomic E-state index is 12.1. The van der Waals surface area contributed by atoms with Gasteiger partial charge in [-0.2, -0.15) is 0 Å². The van der Waals surface area contributed by atoms with Gasteiger partial charge in [0.2, 0.25) is 8.32 Å². The van der Waals surface area contributed by atoms with E-state index in [1.165, 1.54) is 0 Å². The summed E-state index contributed by atoms with van der Waals surface area (Å²) < 4.78 is 17.5. The molecule has 0 aliphatic heterocycles. The summed E-state index contributed by atoms with van der Waals surface area (Å²) in [5, 5.41) is 0. The Labute approximate surface area is 159 Å². The number of hydrogen-bond donors (Lipinski definition) is 0. The molecule has 0 saturated heterocycles. The maximum absolute atomic E-state index is 12.1. The minimum atomic E-state index is -1.76. The lowest BCUT2D eigenvalue weighted by Crippen LogP contribution is -2.40. The van der Waals surface area contributed by atoms with Crippen molar-refractivity contribution in [2.45, 2.75) is 46.0 Å². The average Bonchev–Trinajstić information content (AvgIpc) is 2.45. The number of carbonyl (C=O) groups is 1. The Kier molecular flexibility index (Phi) is 7.43. The summed E-state index contributed by atoms with van der Waals surface area (Å²) in [5.74, 6) is 0.452. The average molecular weight is 428 g/mol. The lowest BCUT2D eigenvalue weighted by Gasteiger charge is -2.25. The number of benzene rings is 1. The van der Waals surface area contributed by atoms with E-state index in [1.54, 1.807) is 33.1 Å². The van der Waals surface area contributed by atoms with Crippen molar-refractivity contribution in [2.75, 3.05) is 6.61 Å². The van der Waals surface area contributed by atoms with Gasteiger partial charge in [0.05, 0.1) is 6.61 Å². The fourth-order valence-corrected chi connectivity index (χ4v) is 2.99. The zero-order valence-corrected chi connectivity index (χ0v) is 18.3. The van der Waals surface area contributed by atoms with E-state index < -0.39 is 19.9 Å².